The maximum absolute atomic E-state index is 13.9. The fourth-order valence-electron chi connectivity index (χ4n) is 8.01. The van der Waals surface area contributed by atoms with E-state index in [4.69, 9.17) is 9.47 Å². The molecular formula is C32H37BrN2O4S. The molecule has 6 nitrogen and oxygen atoms in total. The third-order valence-corrected chi connectivity index (χ3v) is 10.9. The molecule has 1 saturated carbocycles. The summed E-state index contributed by atoms with van der Waals surface area (Å²) in [7, 11) is 0. The highest BCUT2D eigenvalue weighted by Crippen LogP contribution is 2.63. The predicted molar refractivity (Wildman–Crippen MR) is 162 cm³/mol. The van der Waals surface area contributed by atoms with Crippen LogP contribution in [0.3, 0.4) is 0 Å². The largest absolute Gasteiger partial charge is 0.487 e. The Morgan fingerprint density at radius 3 is 2.88 bits per heavy atom. The van der Waals surface area contributed by atoms with E-state index in [0.29, 0.717) is 30.2 Å². The van der Waals surface area contributed by atoms with Crippen LogP contribution in [-0.2, 0) is 21.4 Å². The molecule has 3 heterocycles. The number of halogens is 1. The fourth-order valence-corrected chi connectivity index (χ4v) is 9.34. The minimum absolute atomic E-state index is 0.0343. The Morgan fingerprint density at radius 1 is 1.35 bits per heavy atom. The van der Waals surface area contributed by atoms with Crippen molar-refractivity contribution in [1.29, 1.82) is 0 Å². The molecular weight excluding hydrogens is 588 g/mol. The van der Waals surface area contributed by atoms with Crippen molar-refractivity contribution >= 4 is 45.2 Å². The lowest BCUT2D eigenvalue weighted by Gasteiger charge is -2.60. The molecule has 2 fully saturated rings. The lowest BCUT2D eigenvalue weighted by atomic mass is 9.50. The number of hydrogen-bond acceptors (Lipinski definition) is 6. The summed E-state index contributed by atoms with van der Waals surface area (Å²) < 4.78 is 13.7. The van der Waals surface area contributed by atoms with Crippen LogP contribution in [-0.4, -0.2) is 59.5 Å². The number of carbonyl (C=O) groups is 2. The van der Waals surface area contributed by atoms with Crippen LogP contribution in [0.25, 0.3) is 6.08 Å². The molecule has 1 aromatic carbocycles. The molecule has 4 aliphatic rings. The second-order valence-electron chi connectivity index (χ2n) is 12.0. The number of ether oxygens (including phenoxy) is 2. The first-order valence-electron chi connectivity index (χ1n) is 14.3. The van der Waals surface area contributed by atoms with Gasteiger partial charge in [0.25, 0.3) is 0 Å². The molecule has 40 heavy (non-hydrogen) atoms. The van der Waals surface area contributed by atoms with Gasteiger partial charge in [-0.25, -0.2) is 0 Å². The minimum atomic E-state index is -0.306. The normalized spacial score (nSPS) is 28.3. The van der Waals surface area contributed by atoms with Gasteiger partial charge in [-0.15, -0.1) is 17.9 Å². The van der Waals surface area contributed by atoms with Crippen LogP contribution in [0.5, 0.6) is 11.5 Å². The molecule has 8 heteroatoms. The third-order valence-electron chi connectivity index (χ3n) is 9.24. The number of nitrogens with zero attached hydrogens (tertiary/aromatic N) is 2. The zero-order valence-corrected chi connectivity index (χ0v) is 25.8. The van der Waals surface area contributed by atoms with Crippen molar-refractivity contribution in [2.75, 3.05) is 19.6 Å². The molecule has 2 aliphatic heterocycles. The van der Waals surface area contributed by atoms with E-state index in [9.17, 15) is 9.59 Å². The number of esters is 1. The average Bonchev–Trinajstić information content (AvgIpc) is 3.48. The van der Waals surface area contributed by atoms with Crippen molar-refractivity contribution in [2.24, 2.45) is 11.8 Å². The summed E-state index contributed by atoms with van der Waals surface area (Å²) in [5, 5.41) is 2.03. The average molecular weight is 626 g/mol. The molecule has 1 saturated heterocycles. The van der Waals surface area contributed by atoms with Gasteiger partial charge in [-0.1, -0.05) is 19.9 Å². The molecule has 212 valence electrons. The summed E-state index contributed by atoms with van der Waals surface area (Å²) >= 11 is 5.12. The highest BCUT2D eigenvalue weighted by Gasteiger charge is 2.66. The van der Waals surface area contributed by atoms with Gasteiger partial charge in [-0.2, -0.15) is 0 Å². The lowest BCUT2D eigenvalue weighted by Crippen LogP contribution is -2.69. The van der Waals surface area contributed by atoms with Crippen LogP contribution in [0, 0.1) is 11.8 Å². The van der Waals surface area contributed by atoms with Crippen molar-refractivity contribution in [3.63, 3.8) is 0 Å². The van der Waals surface area contributed by atoms with Crippen molar-refractivity contribution in [1.82, 2.24) is 9.80 Å². The van der Waals surface area contributed by atoms with E-state index < -0.39 is 0 Å². The van der Waals surface area contributed by atoms with E-state index in [1.807, 2.05) is 35.7 Å². The molecule has 1 spiro atoms. The van der Waals surface area contributed by atoms with Gasteiger partial charge in [0, 0.05) is 63.4 Å². The number of benzene rings is 1. The first-order valence-corrected chi connectivity index (χ1v) is 16.0. The van der Waals surface area contributed by atoms with Gasteiger partial charge < -0.3 is 14.4 Å². The maximum atomic E-state index is 13.9. The van der Waals surface area contributed by atoms with Gasteiger partial charge in [0.2, 0.25) is 5.91 Å². The minimum Gasteiger partial charge on any atom is -0.487 e. The van der Waals surface area contributed by atoms with E-state index in [2.05, 4.69) is 46.2 Å². The zero-order chi connectivity index (χ0) is 28.2. The Balaban J connectivity index is 1.41. The number of amides is 1. The number of hydrogen-bond donors (Lipinski definition) is 0. The second-order valence-corrected chi connectivity index (χ2v) is 13.9. The third kappa shape index (κ3) is 4.56. The molecule has 1 aromatic heterocycles. The van der Waals surface area contributed by atoms with Gasteiger partial charge in [0.1, 0.15) is 17.6 Å². The monoisotopic (exact) mass is 624 g/mol. The maximum Gasteiger partial charge on any atom is 0.308 e. The molecule has 0 unspecified atom stereocenters. The molecule has 1 amide bonds. The highest BCUT2D eigenvalue weighted by molar-refractivity contribution is 9.10. The summed E-state index contributed by atoms with van der Waals surface area (Å²) in [5.41, 5.74) is 2.13. The smallest absolute Gasteiger partial charge is 0.308 e. The Bertz CT molecular complexity index is 1370. The topological polar surface area (TPSA) is 59.1 Å². The molecule has 2 aliphatic carbocycles. The SMILES string of the molecule is C=CCN1CC[C@@]23c4c5ccc(OC(C)=O)c4C[C@@H]1[C@@H]2CC[C@H](N(CC(C)C)C(=O)/C=C/c1cc(Br)cs1)[C@@H]3O5. The van der Waals surface area contributed by atoms with Crippen molar-refractivity contribution in [3.05, 3.63) is 62.8 Å². The van der Waals surface area contributed by atoms with E-state index in [-0.39, 0.29) is 29.4 Å². The summed E-state index contributed by atoms with van der Waals surface area (Å²) in [4.78, 5) is 31.6. The number of likely N-dealkylation sites (tertiary alicyclic amines) is 1. The number of thiophene rings is 1. The number of piperidine rings is 1. The van der Waals surface area contributed by atoms with Gasteiger partial charge in [-0.05, 0) is 84.3 Å². The Labute approximate surface area is 249 Å². The van der Waals surface area contributed by atoms with E-state index >= 15 is 0 Å². The Kier molecular flexibility index (Phi) is 7.47. The Hall–Kier alpha value is -2.42. The van der Waals surface area contributed by atoms with E-state index in [1.165, 1.54) is 12.5 Å². The van der Waals surface area contributed by atoms with Crippen LogP contribution >= 0.6 is 27.3 Å². The molecule has 2 bridgehead atoms. The first-order chi connectivity index (χ1) is 19.2. The number of rotatable bonds is 8. The van der Waals surface area contributed by atoms with Gasteiger partial charge in [0.15, 0.2) is 0 Å². The van der Waals surface area contributed by atoms with Gasteiger partial charge >= 0.3 is 5.97 Å². The van der Waals surface area contributed by atoms with E-state index in [1.54, 1.807) is 17.4 Å². The molecule has 5 atom stereocenters. The molecule has 2 aromatic rings. The van der Waals surface area contributed by atoms with Crippen molar-refractivity contribution in [3.8, 4) is 11.5 Å². The highest BCUT2D eigenvalue weighted by atomic mass is 79.9. The van der Waals surface area contributed by atoms with Gasteiger partial charge in [-0.3, -0.25) is 14.5 Å². The van der Waals surface area contributed by atoms with Crippen LogP contribution in [0.15, 0.2) is 46.8 Å². The quantitative estimate of drug-likeness (QED) is 0.151. The standard InChI is InChI=1S/C32H37BrN2O4S/c1-5-13-34-14-12-32-24-7-8-25(35(17-19(2)3)29(37)11-6-22-15-21(33)18-40-22)31(32)39-28-10-9-27(38-20(4)36)23(30(28)32)16-26(24)34/h5-6,9-11,15,18-19,24-26,31H,1,7-8,12-14,16-17H2,2-4H3/b11-6+/t24-,25-,26+,31-,32-/m0/s1. The van der Waals surface area contributed by atoms with Crippen molar-refractivity contribution in [2.45, 2.75) is 70.1 Å². The zero-order valence-electron chi connectivity index (χ0n) is 23.4. The summed E-state index contributed by atoms with van der Waals surface area (Å²) in [6.07, 6.45) is 9.24. The summed E-state index contributed by atoms with van der Waals surface area (Å²) in [6.45, 7) is 12.3. The summed E-state index contributed by atoms with van der Waals surface area (Å²) in [5.74, 6) is 2.03. The van der Waals surface area contributed by atoms with Crippen LogP contribution in [0.1, 0.15) is 56.0 Å². The molecule has 0 N–H and O–H groups in total. The van der Waals surface area contributed by atoms with Gasteiger partial charge in [0.05, 0.1) is 6.04 Å². The van der Waals surface area contributed by atoms with Crippen molar-refractivity contribution < 1.29 is 19.1 Å². The fraction of sp³-hybridized carbons (Fsp3) is 0.500. The summed E-state index contributed by atoms with van der Waals surface area (Å²) in [6, 6.07) is 6.20. The Morgan fingerprint density at radius 2 is 2.17 bits per heavy atom. The van der Waals surface area contributed by atoms with Crippen LogP contribution in [0.2, 0.25) is 0 Å². The number of carbonyl (C=O) groups excluding carboxylic acids is 2. The second kappa shape index (κ2) is 10.8. The predicted octanol–water partition coefficient (Wildman–Crippen LogP) is 6.23. The lowest BCUT2D eigenvalue weighted by molar-refractivity contribution is -0.138. The van der Waals surface area contributed by atoms with E-state index in [0.717, 1.165) is 59.4 Å². The van der Waals surface area contributed by atoms with Crippen LogP contribution < -0.4 is 9.47 Å². The molecule has 0 radical (unpaired) electrons. The van der Waals surface area contributed by atoms with Crippen LogP contribution in [0.4, 0.5) is 0 Å². The first kappa shape index (κ1) is 27.7. The molecule has 6 rings (SSSR count).